The third-order valence-corrected chi connectivity index (χ3v) is 2.01. The van der Waals surface area contributed by atoms with Crippen molar-refractivity contribution in [3.05, 3.63) is 23.8 Å². The Hall–Kier alpha value is -1.22. The van der Waals surface area contributed by atoms with E-state index in [0.717, 1.165) is 18.8 Å². The van der Waals surface area contributed by atoms with E-state index in [1.807, 2.05) is 40.7 Å². The summed E-state index contributed by atoms with van der Waals surface area (Å²) in [6.07, 6.45) is 2.56. The van der Waals surface area contributed by atoms with Crippen LogP contribution in [0.1, 0.15) is 46.1 Å². The number of rotatable bonds is 0. The molecule has 0 spiro atoms. The molecule has 1 heterocycles. The van der Waals surface area contributed by atoms with Crippen LogP contribution in [0.2, 0.25) is 0 Å². The van der Waals surface area contributed by atoms with Gasteiger partial charge in [0.1, 0.15) is 5.75 Å². The van der Waals surface area contributed by atoms with Crippen molar-refractivity contribution < 1.29 is 9.84 Å². The second kappa shape index (κ2) is 13.8. The number of ether oxygens (including phenoxy) is 1. The third-order valence-electron chi connectivity index (χ3n) is 2.01. The molecule has 0 bridgehead atoms. The zero-order valence-electron chi connectivity index (χ0n) is 12.5. The Morgan fingerprint density at radius 3 is 1.83 bits per heavy atom. The van der Waals surface area contributed by atoms with Gasteiger partial charge in [-0.2, -0.15) is 0 Å². The minimum Gasteiger partial charge on any atom is -0.506 e. The molecule has 1 aliphatic rings. The molecule has 1 aromatic rings. The predicted molar refractivity (Wildman–Crippen MR) is 80.0 cm³/mol. The summed E-state index contributed by atoms with van der Waals surface area (Å²) in [7, 11) is 0. The monoisotopic (exact) mass is 255 g/mol. The maximum absolute atomic E-state index is 8.92. The van der Waals surface area contributed by atoms with Crippen LogP contribution in [0.15, 0.2) is 18.2 Å². The number of aromatic hydroxyl groups is 1. The molecule has 3 N–H and O–H groups in total. The van der Waals surface area contributed by atoms with Crippen molar-refractivity contribution in [2.45, 2.75) is 47.5 Å². The number of aryl methyl sites for hydroxylation is 1. The fraction of sp³-hybridized carbons (Fsp3) is 0.600. The van der Waals surface area contributed by atoms with Crippen molar-refractivity contribution in [1.29, 1.82) is 0 Å². The minimum atomic E-state index is 0.153. The summed E-state index contributed by atoms with van der Waals surface area (Å²) in [4.78, 5) is 0. The highest BCUT2D eigenvalue weighted by molar-refractivity contribution is 5.52. The quantitative estimate of drug-likeness (QED) is 0.541. The molecule has 3 heteroatoms. The van der Waals surface area contributed by atoms with Crippen molar-refractivity contribution in [2.75, 3.05) is 18.9 Å². The van der Waals surface area contributed by atoms with E-state index in [-0.39, 0.29) is 5.75 Å². The number of anilines is 1. The average Bonchev–Trinajstić information content (AvgIpc) is 2.98. The number of nitrogens with two attached hydrogens (primary N) is 1. The molecule has 0 amide bonds. The van der Waals surface area contributed by atoms with Gasteiger partial charge < -0.3 is 15.6 Å². The highest BCUT2D eigenvalue weighted by atomic mass is 16.5. The number of phenolic OH excluding ortho intramolecular Hbond substituents is 1. The van der Waals surface area contributed by atoms with Gasteiger partial charge >= 0.3 is 0 Å². The molecule has 3 nitrogen and oxygen atoms in total. The zero-order chi connectivity index (χ0) is 14.4. The van der Waals surface area contributed by atoms with E-state index in [1.165, 1.54) is 12.8 Å². The van der Waals surface area contributed by atoms with Gasteiger partial charge in [0.15, 0.2) is 0 Å². The first-order chi connectivity index (χ1) is 8.70. The predicted octanol–water partition coefficient (Wildman–Crippen LogP) is 4.13. The Bertz CT molecular complexity index is 276. The standard InChI is InChI=1S/C7H9NO.C4H8O.2C2H6/c1-5-2-3-7(9)6(8)4-5;1-2-4-5-3-1;2*1-2/h2-4,9H,8H2,1H3;1-4H2;2*1-2H3. The zero-order valence-corrected chi connectivity index (χ0v) is 12.5. The normalized spacial score (nSPS) is 12.1. The molecule has 0 unspecified atom stereocenters. The molecule has 1 aliphatic heterocycles. The lowest BCUT2D eigenvalue weighted by atomic mass is 10.2. The van der Waals surface area contributed by atoms with Gasteiger partial charge in [-0.3, -0.25) is 0 Å². The van der Waals surface area contributed by atoms with Crippen molar-refractivity contribution in [1.82, 2.24) is 0 Å². The SMILES string of the molecule is C1CCOC1.CC.CC.Cc1ccc(O)c(N)c1. The van der Waals surface area contributed by atoms with Gasteiger partial charge in [0.25, 0.3) is 0 Å². The Morgan fingerprint density at radius 1 is 1.06 bits per heavy atom. The summed E-state index contributed by atoms with van der Waals surface area (Å²) in [5.41, 5.74) is 6.87. The van der Waals surface area contributed by atoms with E-state index in [1.54, 1.807) is 12.1 Å². The molecule has 0 saturated carbocycles. The fourth-order valence-electron chi connectivity index (χ4n) is 1.18. The van der Waals surface area contributed by atoms with Gasteiger partial charge in [-0.05, 0) is 37.5 Å². The van der Waals surface area contributed by atoms with Crippen molar-refractivity contribution in [2.24, 2.45) is 0 Å². The molecule has 1 aromatic carbocycles. The van der Waals surface area contributed by atoms with Crippen LogP contribution < -0.4 is 5.73 Å². The van der Waals surface area contributed by atoms with Crippen LogP contribution in [0.4, 0.5) is 5.69 Å². The molecular formula is C15H29NO2. The summed E-state index contributed by atoms with van der Waals surface area (Å²) in [5, 5.41) is 8.92. The number of benzene rings is 1. The van der Waals surface area contributed by atoms with Gasteiger partial charge in [-0.15, -0.1) is 0 Å². The topological polar surface area (TPSA) is 55.5 Å². The lowest BCUT2D eigenvalue weighted by Gasteiger charge is -1.97. The van der Waals surface area contributed by atoms with Crippen molar-refractivity contribution >= 4 is 5.69 Å². The Morgan fingerprint density at radius 2 is 1.56 bits per heavy atom. The lowest BCUT2D eigenvalue weighted by Crippen LogP contribution is -1.85. The van der Waals surface area contributed by atoms with Gasteiger partial charge in [0.2, 0.25) is 0 Å². The highest BCUT2D eigenvalue weighted by Crippen LogP contribution is 2.19. The van der Waals surface area contributed by atoms with E-state index < -0.39 is 0 Å². The smallest absolute Gasteiger partial charge is 0.138 e. The second-order valence-electron chi connectivity index (χ2n) is 3.38. The van der Waals surface area contributed by atoms with Crippen LogP contribution in [0, 0.1) is 6.92 Å². The molecule has 1 fully saturated rings. The molecule has 0 radical (unpaired) electrons. The lowest BCUT2D eigenvalue weighted by molar-refractivity contribution is 0.198. The summed E-state index contributed by atoms with van der Waals surface area (Å²) >= 11 is 0. The minimum absolute atomic E-state index is 0.153. The summed E-state index contributed by atoms with van der Waals surface area (Å²) in [5.74, 6) is 0.153. The van der Waals surface area contributed by atoms with E-state index in [4.69, 9.17) is 15.6 Å². The molecule has 1 saturated heterocycles. The fourth-order valence-corrected chi connectivity index (χ4v) is 1.18. The van der Waals surface area contributed by atoms with Crippen LogP contribution in [-0.2, 0) is 4.74 Å². The maximum atomic E-state index is 8.92. The van der Waals surface area contributed by atoms with Crippen molar-refractivity contribution in [3.63, 3.8) is 0 Å². The van der Waals surface area contributed by atoms with Crippen LogP contribution in [0.25, 0.3) is 0 Å². The van der Waals surface area contributed by atoms with Crippen LogP contribution in [0.3, 0.4) is 0 Å². The van der Waals surface area contributed by atoms with Gasteiger partial charge in [-0.25, -0.2) is 0 Å². The number of hydrogen-bond donors (Lipinski definition) is 2. The van der Waals surface area contributed by atoms with E-state index in [2.05, 4.69) is 0 Å². The summed E-state index contributed by atoms with van der Waals surface area (Å²) in [6.45, 7) is 11.9. The molecule has 0 aromatic heterocycles. The number of hydrogen-bond acceptors (Lipinski definition) is 3. The highest BCUT2D eigenvalue weighted by Gasteiger charge is 1.94. The molecule has 2 rings (SSSR count). The first-order valence-electron chi connectivity index (χ1n) is 6.83. The van der Waals surface area contributed by atoms with E-state index in [0.29, 0.717) is 5.69 Å². The van der Waals surface area contributed by atoms with Crippen LogP contribution in [-0.4, -0.2) is 18.3 Å². The van der Waals surface area contributed by atoms with Crippen LogP contribution in [0.5, 0.6) is 5.75 Å². The van der Waals surface area contributed by atoms with Crippen molar-refractivity contribution in [3.8, 4) is 5.75 Å². The first kappa shape index (κ1) is 19.1. The number of nitrogen functional groups attached to an aromatic ring is 1. The summed E-state index contributed by atoms with van der Waals surface area (Å²) in [6, 6.07) is 5.13. The largest absolute Gasteiger partial charge is 0.506 e. The molecular weight excluding hydrogens is 226 g/mol. The number of phenols is 1. The Balaban J connectivity index is 0. The van der Waals surface area contributed by atoms with Gasteiger partial charge in [-0.1, -0.05) is 33.8 Å². The first-order valence-corrected chi connectivity index (χ1v) is 6.83. The maximum Gasteiger partial charge on any atom is 0.138 e. The van der Waals surface area contributed by atoms with E-state index >= 15 is 0 Å². The molecule has 0 aliphatic carbocycles. The summed E-state index contributed by atoms with van der Waals surface area (Å²) < 4.78 is 4.94. The van der Waals surface area contributed by atoms with E-state index in [9.17, 15) is 0 Å². The van der Waals surface area contributed by atoms with Crippen LogP contribution >= 0.6 is 0 Å². The molecule has 18 heavy (non-hydrogen) atoms. The third kappa shape index (κ3) is 9.97. The average molecular weight is 255 g/mol. The van der Waals surface area contributed by atoms with Gasteiger partial charge in [0.05, 0.1) is 5.69 Å². The molecule has 0 atom stereocenters. The Kier molecular flexibility index (Phi) is 14.7. The Labute approximate surface area is 112 Å². The van der Waals surface area contributed by atoms with Gasteiger partial charge in [0, 0.05) is 13.2 Å². The molecule has 106 valence electrons. The second-order valence-corrected chi connectivity index (χ2v) is 3.38.